The molecule has 3 nitrogen and oxygen atoms in total. The molecular formula is C29H31N2O+. The van der Waals surface area contributed by atoms with Crippen LogP contribution < -0.4 is 9.64 Å². The van der Waals surface area contributed by atoms with E-state index in [1.54, 1.807) is 0 Å². The smallest absolute Gasteiger partial charge is 0.246 e. The number of hydrogen-bond acceptors (Lipinski definition) is 2. The Labute approximate surface area is 191 Å². The molecule has 0 saturated heterocycles. The van der Waals surface area contributed by atoms with Crippen molar-refractivity contribution < 1.29 is 9.31 Å². The minimum Gasteiger partial charge on any atom is -0.431 e. The Morgan fingerprint density at radius 1 is 0.969 bits per heavy atom. The SMILES string of the molecule is CCCN1C(=C=CC2=[N+](CCC)c3ccccc3C2(C)C)Oc2c1ccc1ccccc21. The zero-order valence-electron chi connectivity index (χ0n) is 19.5. The maximum absolute atomic E-state index is 6.45. The molecule has 0 atom stereocenters. The number of rotatable bonds is 5. The van der Waals surface area contributed by atoms with Gasteiger partial charge in [-0.3, -0.25) is 0 Å². The number of hydrogen-bond donors (Lipinski definition) is 0. The normalized spacial score (nSPS) is 16.1. The highest BCUT2D eigenvalue weighted by molar-refractivity contribution is 6.03. The fourth-order valence-electron chi connectivity index (χ4n) is 5.06. The Balaban J connectivity index is 1.64. The molecule has 0 N–H and O–H groups in total. The zero-order valence-corrected chi connectivity index (χ0v) is 19.5. The van der Waals surface area contributed by atoms with Gasteiger partial charge in [-0.2, -0.15) is 4.58 Å². The van der Waals surface area contributed by atoms with Crippen molar-refractivity contribution in [1.82, 2.24) is 0 Å². The lowest BCUT2D eigenvalue weighted by molar-refractivity contribution is -0.437. The summed E-state index contributed by atoms with van der Waals surface area (Å²) in [6, 6.07) is 21.5. The molecule has 0 bridgehead atoms. The van der Waals surface area contributed by atoms with Crippen molar-refractivity contribution in [2.75, 3.05) is 18.0 Å². The van der Waals surface area contributed by atoms with E-state index in [2.05, 4.69) is 110 Å². The molecule has 32 heavy (non-hydrogen) atoms. The van der Waals surface area contributed by atoms with Gasteiger partial charge in [-0.05, 0) is 37.5 Å². The maximum atomic E-state index is 6.45. The average Bonchev–Trinajstić information content (AvgIpc) is 3.26. The van der Waals surface area contributed by atoms with Gasteiger partial charge < -0.3 is 9.64 Å². The van der Waals surface area contributed by atoms with Crippen LogP contribution in [-0.2, 0) is 5.41 Å². The molecule has 0 saturated carbocycles. The Morgan fingerprint density at radius 3 is 2.56 bits per heavy atom. The topological polar surface area (TPSA) is 15.5 Å². The van der Waals surface area contributed by atoms with Crippen LogP contribution in [0.5, 0.6) is 5.75 Å². The predicted octanol–water partition coefficient (Wildman–Crippen LogP) is 6.93. The second-order valence-corrected chi connectivity index (χ2v) is 9.16. The van der Waals surface area contributed by atoms with Crippen molar-refractivity contribution in [2.24, 2.45) is 0 Å². The van der Waals surface area contributed by atoms with E-state index in [1.165, 1.54) is 22.3 Å². The number of anilines is 1. The third-order valence-corrected chi connectivity index (χ3v) is 6.62. The lowest BCUT2D eigenvalue weighted by Crippen LogP contribution is -2.28. The van der Waals surface area contributed by atoms with Gasteiger partial charge >= 0.3 is 0 Å². The Morgan fingerprint density at radius 2 is 1.75 bits per heavy atom. The molecule has 3 aromatic rings. The molecule has 2 aliphatic rings. The van der Waals surface area contributed by atoms with Crippen molar-refractivity contribution >= 4 is 27.9 Å². The van der Waals surface area contributed by atoms with Gasteiger partial charge in [-0.1, -0.05) is 62.4 Å². The highest BCUT2D eigenvalue weighted by Crippen LogP contribution is 2.44. The first kappa shape index (κ1) is 20.6. The number of para-hydroxylation sites is 1. The van der Waals surface area contributed by atoms with Gasteiger partial charge in [-0.15, -0.1) is 0 Å². The van der Waals surface area contributed by atoms with E-state index in [1.807, 2.05) is 0 Å². The van der Waals surface area contributed by atoms with E-state index in [0.717, 1.165) is 48.6 Å². The van der Waals surface area contributed by atoms with Crippen molar-refractivity contribution in [3.8, 4) is 5.75 Å². The lowest BCUT2D eigenvalue weighted by Gasteiger charge is -2.16. The number of benzene rings is 3. The van der Waals surface area contributed by atoms with Crippen molar-refractivity contribution in [1.29, 1.82) is 0 Å². The Hall–Kier alpha value is -3.29. The highest BCUT2D eigenvalue weighted by Gasteiger charge is 2.44. The molecular weight excluding hydrogens is 392 g/mol. The number of ether oxygens (including phenoxy) is 1. The van der Waals surface area contributed by atoms with Crippen molar-refractivity contribution in [3.63, 3.8) is 0 Å². The fraction of sp³-hybridized carbons (Fsp3) is 0.310. The second-order valence-electron chi connectivity index (χ2n) is 9.16. The first-order valence-corrected chi connectivity index (χ1v) is 11.7. The van der Waals surface area contributed by atoms with Crippen LogP contribution in [0.3, 0.4) is 0 Å². The number of fused-ring (bicyclic) bond motifs is 4. The average molecular weight is 424 g/mol. The minimum absolute atomic E-state index is 0.0763. The second kappa shape index (κ2) is 8.00. The molecule has 0 fully saturated rings. The summed E-state index contributed by atoms with van der Waals surface area (Å²) >= 11 is 0. The molecule has 0 unspecified atom stereocenters. The van der Waals surface area contributed by atoms with Crippen LogP contribution in [0.25, 0.3) is 10.8 Å². The summed E-state index contributed by atoms with van der Waals surface area (Å²) in [5, 5.41) is 2.35. The maximum Gasteiger partial charge on any atom is 0.246 e. The van der Waals surface area contributed by atoms with Crippen LogP contribution in [0.4, 0.5) is 11.4 Å². The fourth-order valence-corrected chi connectivity index (χ4v) is 5.06. The van der Waals surface area contributed by atoms with E-state index in [9.17, 15) is 0 Å². The van der Waals surface area contributed by atoms with Crippen molar-refractivity contribution in [2.45, 2.75) is 46.0 Å². The van der Waals surface area contributed by atoms with Gasteiger partial charge in [0.25, 0.3) is 0 Å². The largest absolute Gasteiger partial charge is 0.431 e. The van der Waals surface area contributed by atoms with Crippen LogP contribution in [0.15, 0.2) is 78.4 Å². The molecule has 2 heterocycles. The summed E-state index contributed by atoms with van der Waals surface area (Å²) in [5.41, 5.74) is 8.58. The van der Waals surface area contributed by atoms with E-state index in [4.69, 9.17) is 4.74 Å². The Kier molecular flexibility index (Phi) is 5.15. The van der Waals surface area contributed by atoms with Crippen LogP contribution >= 0.6 is 0 Å². The summed E-state index contributed by atoms with van der Waals surface area (Å²) in [6.07, 6.45) is 4.28. The van der Waals surface area contributed by atoms with Crippen LogP contribution in [-0.4, -0.2) is 23.4 Å². The van der Waals surface area contributed by atoms with Crippen LogP contribution in [0.2, 0.25) is 0 Å². The third kappa shape index (κ3) is 3.16. The standard InChI is InChI=1S/C29H31N2O/c1-5-19-30-24-14-10-9-13-23(24)29(3,4)26(30)17-18-27-31(20-6-2)25-16-15-21-11-7-8-12-22(21)28(25)32-27/h7-17H,5-6,19-20H2,1-4H3/q+1. The summed E-state index contributed by atoms with van der Waals surface area (Å²) in [6.45, 7) is 10.9. The third-order valence-electron chi connectivity index (χ3n) is 6.62. The minimum atomic E-state index is -0.0763. The van der Waals surface area contributed by atoms with Gasteiger partial charge in [-0.25, -0.2) is 0 Å². The molecule has 2 aliphatic heterocycles. The van der Waals surface area contributed by atoms with Gasteiger partial charge in [0.15, 0.2) is 11.5 Å². The van der Waals surface area contributed by atoms with E-state index >= 15 is 0 Å². The summed E-state index contributed by atoms with van der Waals surface area (Å²) in [7, 11) is 0. The highest BCUT2D eigenvalue weighted by atomic mass is 16.5. The molecule has 0 amide bonds. The quantitative estimate of drug-likeness (QED) is 0.326. The van der Waals surface area contributed by atoms with Crippen LogP contribution in [0.1, 0.15) is 46.1 Å². The summed E-state index contributed by atoms with van der Waals surface area (Å²) in [4.78, 5) is 2.26. The zero-order chi connectivity index (χ0) is 22.3. The molecule has 0 spiro atoms. The molecule has 162 valence electrons. The molecule has 5 rings (SSSR count). The number of nitrogens with zero attached hydrogens (tertiary/aromatic N) is 2. The van der Waals surface area contributed by atoms with Gasteiger partial charge in [0, 0.05) is 30.0 Å². The van der Waals surface area contributed by atoms with Gasteiger partial charge in [0.2, 0.25) is 11.6 Å². The number of allylic oxidation sites excluding steroid dienone is 1. The predicted molar refractivity (Wildman–Crippen MR) is 133 cm³/mol. The first-order chi connectivity index (χ1) is 15.6. The van der Waals surface area contributed by atoms with E-state index in [-0.39, 0.29) is 5.41 Å². The van der Waals surface area contributed by atoms with Gasteiger partial charge in [0.05, 0.1) is 17.2 Å². The monoisotopic (exact) mass is 423 g/mol. The first-order valence-electron chi connectivity index (χ1n) is 11.7. The Bertz CT molecular complexity index is 1290. The van der Waals surface area contributed by atoms with E-state index < -0.39 is 0 Å². The summed E-state index contributed by atoms with van der Waals surface area (Å²) < 4.78 is 8.90. The van der Waals surface area contributed by atoms with Crippen molar-refractivity contribution in [3.05, 3.63) is 83.9 Å². The lowest BCUT2D eigenvalue weighted by atomic mass is 9.81. The molecule has 3 heteroatoms. The van der Waals surface area contributed by atoms with Gasteiger partial charge in [0.1, 0.15) is 6.54 Å². The van der Waals surface area contributed by atoms with E-state index in [0.29, 0.717) is 0 Å². The molecule has 0 radical (unpaired) electrons. The molecule has 0 aromatic heterocycles. The molecule has 0 aliphatic carbocycles. The summed E-state index contributed by atoms with van der Waals surface area (Å²) in [5.74, 6) is 1.73. The van der Waals surface area contributed by atoms with Crippen LogP contribution in [0, 0.1) is 0 Å². The molecule has 3 aromatic carbocycles.